The first kappa shape index (κ1) is 23.2. The Morgan fingerprint density at radius 3 is 2.29 bits per heavy atom. The lowest BCUT2D eigenvalue weighted by Crippen LogP contribution is -2.50. The number of carbonyl (C=O) groups is 1. The highest BCUT2D eigenvalue weighted by Gasteiger charge is 2.29. The van der Waals surface area contributed by atoms with Gasteiger partial charge in [0.25, 0.3) is 0 Å². The number of hydrogen-bond donors (Lipinski definition) is 3. The SMILES string of the molecule is O=C(C1CCCCC1)N1CCN(Cc2c(O)cc(O)c3c(=O)cc(-c4ccc(O)cc4)oc23)CC1. The number of amides is 1. The first-order valence-electron chi connectivity index (χ1n) is 12.2. The zero-order chi connectivity index (χ0) is 24.5. The molecule has 1 aliphatic carbocycles. The van der Waals surface area contributed by atoms with Gasteiger partial charge in [-0.1, -0.05) is 19.3 Å². The molecule has 1 saturated carbocycles. The Labute approximate surface area is 203 Å². The highest BCUT2D eigenvalue weighted by Crippen LogP contribution is 2.36. The third kappa shape index (κ3) is 4.71. The zero-order valence-electron chi connectivity index (χ0n) is 19.6. The van der Waals surface area contributed by atoms with Crippen LogP contribution in [-0.4, -0.2) is 57.2 Å². The Balaban J connectivity index is 1.39. The van der Waals surface area contributed by atoms with E-state index in [4.69, 9.17) is 4.42 Å². The first-order valence-corrected chi connectivity index (χ1v) is 12.2. The molecule has 0 unspecified atom stereocenters. The maximum Gasteiger partial charge on any atom is 0.225 e. The number of piperazine rings is 1. The lowest BCUT2D eigenvalue weighted by molar-refractivity contribution is -0.138. The highest BCUT2D eigenvalue weighted by molar-refractivity contribution is 5.89. The molecule has 0 radical (unpaired) electrons. The molecule has 2 heterocycles. The summed E-state index contributed by atoms with van der Waals surface area (Å²) >= 11 is 0. The summed E-state index contributed by atoms with van der Waals surface area (Å²) in [5.41, 5.74) is 0.725. The van der Waals surface area contributed by atoms with E-state index in [1.165, 1.54) is 30.7 Å². The second kappa shape index (κ2) is 9.62. The molecular weight excluding hydrogens is 448 g/mol. The molecule has 8 nitrogen and oxygen atoms in total. The largest absolute Gasteiger partial charge is 0.508 e. The first-order chi connectivity index (χ1) is 16.9. The lowest BCUT2D eigenvalue weighted by atomic mass is 9.88. The maximum absolute atomic E-state index is 12.9. The molecule has 0 atom stereocenters. The van der Waals surface area contributed by atoms with Crippen LogP contribution in [0.15, 0.2) is 45.6 Å². The van der Waals surface area contributed by atoms with Crippen molar-refractivity contribution in [1.82, 2.24) is 9.80 Å². The van der Waals surface area contributed by atoms with E-state index >= 15 is 0 Å². The molecule has 1 amide bonds. The molecule has 35 heavy (non-hydrogen) atoms. The minimum Gasteiger partial charge on any atom is -0.508 e. The molecule has 0 spiro atoms. The number of phenolic OH excluding ortho intramolecular Hbond substituents is 3. The lowest BCUT2D eigenvalue weighted by Gasteiger charge is -2.37. The average molecular weight is 479 g/mol. The van der Waals surface area contributed by atoms with Gasteiger partial charge < -0.3 is 24.6 Å². The van der Waals surface area contributed by atoms with Gasteiger partial charge in [-0.2, -0.15) is 0 Å². The molecular formula is C27H30N2O6. The smallest absolute Gasteiger partial charge is 0.225 e. The Morgan fingerprint density at radius 2 is 1.60 bits per heavy atom. The Hall–Kier alpha value is -3.52. The summed E-state index contributed by atoms with van der Waals surface area (Å²) in [6.45, 7) is 2.84. The monoisotopic (exact) mass is 478 g/mol. The molecule has 184 valence electrons. The molecule has 0 bridgehead atoms. The Morgan fingerprint density at radius 1 is 0.914 bits per heavy atom. The van der Waals surface area contributed by atoms with Gasteiger partial charge in [0.05, 0.1) is 5.56 Å². The van der Waals surface area contributed by atoms with Crippen molar-refractivity contribution in [3.05, 3.63) is 52.2 Å². The third-order valence-corrected chi connectivity index (χ3v) is 7.23. The Kier molecular flexibility index (Phi) is 6.38. The minimum atomic E-state index is -0.420. The van der Waals surface area contributed by atoms with Crippen molar-refractivity contribution < 1.29 is 24.5 Å². The molecule has 1 saturated heterocycles. The summed E-state index contributed by atoms with van der Waals surface area (Å²) in [6.07, 6.45) is 5.43. The van der Waals surface area contributed by atoms with E-state index < -0.39 is 5.43 Å². The highest BCUT2D eigenvalue weighted by atomic mass is 16.3. The fourth-order valence-electron chi connectivity index (χ4n) is 5.23. The average Bonchev–Trinajstić information content (AvgIpc) is 2.87. The number of phenols is 3. The van der Waals surface area contributed by atoms with Gasteiger partial charge in [-0.3, -0.25) is 14.5 Å². The molecule has 1 aromatic heterocycles. The molecule has 3 N–H and O–H groups in total. The predicted molar refractivity (Wildman–Crippen MR) is 131 cm³/mol. The molecule has 3 aromatic rings. The number of hydrogen-bond acceptors (Lipinski definition) is 7. The molecule has 1 aliphatic heterocycles. The van der Waals surface area contributed by atoms with Gasteiger partial charge in [0.1, 0.15) is 28.4 Å². The van der Waals surface area contributed by atoms with E-state index in [0.29, 0.717) is 43.9 Å². The summed E-state index contributed by atoms with van der Waals surface area (Å²) < 4.78 is 6.05. The third-order valence-electron chi connectivity index (χ3n) is 7.23. The second-order valence-corrected chi connectivity index (χ2v) is 9.56. The topological polar surface area (TPSA) is 114 Å². The van der Waals surface area contributed by atoms with Crippen molar-refractivity contribution in [3.8, 4) is 28.6 Å². The summed E-state index contributed by atoms with van der Waals surface area (Å²) in [5, 5.41) is 30.6. The number of nitrogens with zero attached hydrogens (tertiary/aromatic N) is 2. The van der Waals surface area contributed by atoms with E-state index in [9.17, 15) is 24.9 Å². The van der Waals surface area contributed by atoms with Crippen LogP contribution in [0.4, 0.5) is 0 Å². The van der Waals surface area contributed by atoms with Crippen LogP contribution in [0.1, 0.15) is 37.7 Å². The predicted octanol–water partition coefficient (Wildman–Crippen LogP) is 3.80. The minimum absolute atomic E-state index is 0.0199. The van der Waals surface area contributed by atoms with Gasteiger partial charge in [-0.05, 0) is 37.1 Å². The van der Waals surface area contributed by atoms with Crippen LogP contribution in [0.25, 0.3) is 22.3 Å². The number of benzene rings is 2. The van der Waals surface area contributed by atoms with Gasteiger partial charge in [0, 0.05) is 56.3 Å². The van der Waals surface area contributed by atoms with Crippen LogP contribution in [-0.2, 0) is 11.3 Å². The zero-order valence-corrected chi connectivity index (χ0v) is 19.6. The van der Waals surface area contributed by atoms with Gasteiger partial charge in [0.15, 0.2) is 11.0 Å². The summed E-state index contributed by atoms with van der Waals surface area (Å²) in [6, 6.07) is 8.72. The maximum atomic E-state index is 12.9. The Bertz CT molecular complexity index is 1290. The summed E-state index contributed by atoms with van der Waals surface area (Å²) in [7, 11) is 0. The normalized spacial score (nSPS) is 17.7. The van der Waals surface area contributed by atoms with Crippen LogP contribution in [0.3, 0.4) is 0 Å². The van der Waals surface area contributed by atoms with Gasteiger partial charge >= 0.3 is 0 Å². The van der Waals surface area contributed by atoms with Crippen LogP contribution in [0.5, 0.6) is 17.2 Å². The van der Waals surface area contributed by atoms with Crippen molar-refractivity contribution in [1.29, 1.82) is 0 Å². The van der Waals surface area contributed by atoms with Crippen LogP contribution < -0.4 is 5.43 Å². The van der Waals surface area contributed by atoms with E-state index in [1.54, 1.807) is 12.1 Å². The molecule has 2 aromatic carbocycles. The molecule has 2 aliphatic rings. The van der Waals surface area contributed by atoms with Crippen molar-refractivity contribution in [2.75, 3.05) is 26.2 Å². The van der Waals surface area contributed by atoms with Crippen LogP contribution in [0.2, 0.25) is 0 Å². The van der Waals surface area contributed by atoms with E-state index in [-0.39, 0.29) is 45.8 Å². The number of fused-ring (bicyclic) bond motifs is 1. The van der Waals surface area contributed by atoms with E-state index in [0.717, 1.165) is 25.7 Å². The van der Waals surface area contributed by atoms with E-state index in [1.807, 2.05) is 4.90 Å². The fourth-order valence-corrected chi connectivity index (χ4v) is 5.23. The van der Waals surface area contributed by atoms with E-state index in [2.05, 4.69) is 4.90 Å². The van der Waals surface area contributed by atoms with Gasteiger partial charge in [0.2, 0.25) is 5.91 Å². The van der Waals surface area contributed by atoms with Crippen molar-refractivity contribution in [3.63, 3.8) is 0 Å². The van der Waals surface area contributed by atoms with Crippen molar-refractivity contribution in [2.45, 2.75) is 38.6 Å². The fraction of sp³-hybridized carbons (Fsp3) is 0.407. The summed E-state index contributed by atoms with van der Waals surface area (Å²) in [4.78, 5) is 29.8. The van der Waals surface area contributed by atoms with Crippen molar-refractivity contribution in [2.24, 2.45) is 5.92 Å². The van der Waals surface area contributed by atoms with Gasteiger partial charge in [-0.15, -0.1) is 0 Å². The standard InChI is InChI=1S/C27H30N2O6/c30-19-8-6-17(7-9-19)24-15-23(33)25-22(32)14-21(31)20(26(25)35-24)16-28-10-12-29(13-11-28)27(34)18-4-2-1-3-5-18/h6-9,14-15,18,30-32H,1-5,10-13,16H2. The second-order valence-electron chi connectivity index (χ2n) is 9.56. The summed E-state index contributed by atoms with van der Waals surface area (Å²) in [5.74, 6) is 0.280. The number of aromatic hydroxyl groups is 3. The van der Waals surface area contributed by atoms with Crippen molar-refractivity contribution >= 4 is 16.9 Å². The number of rotatable bonds is 4. The van der Waals surface area contributed by atoms with Crippen LogP contribution in [0, 0.1) is 5.92 Å². The van der Waals surface area contributed by atoms with Gasteiger partial charge in [-0.25, -0.2) is 0 Å². The van der Waals surface area contributed by atoms with Crippen LogP contribution >= 0.6 is 0 Å². The quantitative estimate of drug-likeness (QED) is 0.523. The molecule has 5 rings (SSSR count). The molecule has 2 fully saturated rings. The molecule has 8 heteroatoms. The number of carbonyl (C=O) groups excluding carboxylic acids is 1.